The molecule has 1 aromatic carbocycles. The topological polar surface area (TPSA) is 51.6 Å². The Morgan fingerprint density at radius 1 is 1.42 bits per heavy atom. The molecular weight excluding hydrogens is 264 g/mol. The first-order chi connectivity index (χ1) is 9.13. The molecule has 1 aliphatic heterocycles. The number of likely N-dealkylation sites (N-methyl/N-ethyl adjacent to an activating group) is 1. The molecule has 19 heavy (non-hydrogen) atoms. The number of nitrogens with two attached hydrogens (primary N) is 1. The molecule has 0 amide bonds. The summed E-state index contributed by atoms with van der Waals surface area (Å²) < 4.78 is 11.5. The zero-order valence-electron chi connectivity index (χ0n) is 10.6. The van der Waals surface area contributed by atoms with Gasteiger partial charge in [-0.3, -0.25) is 4.90 Å². The number of anilines is 1. The maximum Gasteiger partial charge on any atom is 0.140 e. The number of nitrogen functional groups attached to an aromatic ring is 1. The van der Waals surface area contributed by atoms with Crippen molar-refractivity contribution in [3.05, 3.63) is 46.9 Å². The van der Waals surface area contributed by atoms with E-state index in [2.05, 4.69) is 4.90 Å². The van der Waals surface area contributed by atoms with Crippen molar-refractivity contribution in [2.45, 2.75) is 12.6 Å². The number of hydrogen-bond donors (Lipinski definition) is 1. The Kier molecular flexibility index (Phi) is 3.12. The minimum atomic E-state index is -0.0481. The van der Waals surface area contributed by atoms with Gasteiger partial charge in [-0.1, -0.05) is 11.6 Å². The molecule has 1 atom stereocenters. The lowest BCUT2D eigenvalue weighted by atomic mass is 10.1. The van der Waals surface area contributed by atoms with Crippen LogP contribution in [0.1, 0.15) is 17.4 Å². The SMILES string of the molecule is CN1Cc2occc2C(Oc2ccc(Cl)c(N)c2)C1. The third-order valence-corrected chi connectivity index (χ3v) is 3.61. The van der Waals surface area contributed by atoms with Gasteiger partial charge in [0.25, 0.3) is 0 Å². The second-order valence-electron chi connectivity index (χ2n) is 4.79. The Hall–Kier alpha value is -1.65. The van der Waals surface area contributed by atoms with Crippen molar-refractivity contribution >= 4 is 17.3 Å². The zero-order valence-corrected chi connectivity index (χ0v) is 11.4. The molecule has 1 aromatic heterocycles. The van der Waals surface area contributed by atoms with Crippen molar-refractivity contribution < 1.29 is 9.15 Å². The lowest BCUT2D eigenvalue weighted by Crippen LogP contribution is -2.32. The van der Waals surface area contributed by atoms with Gasteiger partial charge in [0.2, 0.25) is 0 Å². The van der Waals surface area contributed by atoms with Crippen LogP contribution in [0.3, 0.4) is 0 Å². The summed E-state index contributed by atoms with van der Waals surface area (Å²) in [6.07, 6.45) is 1.66. The quantitative estimate of drug-likeness (QED) is 0.858. The number of nitrogens with zero attached hydrogens (tertiary/aromatic N) is 1. The largest absolute Gasteiger partial charge is 0.484 e. The van der Waals surface area contributed by atoms with E-state index in [1.807, 2.05) is 19.2 Å². The van der Waals surface area contributed by atoms with Gasteiger partial charge in [-0.2, -0.15) is 0 Å². The monoisotopic (exact) mass is 278 g/mol. The van der Waals surface area contributed by atoms with E-state index in [9.17, 15) is 0 Å². The Morgan fingerprint density at radius 2 is 2.26 bits per heavy atom. The molecule has 2 heterocycles. The summed E-state index contributed by atoms with van der Waals surface area (Å²) in [5.74, 6) is 1.68. The van der Waals surface area contributed by atoms with Gasteiger partial charge in [0.1, 0.15) is 17.6 Å². The summed E-state index contributed by atoms with van der Waals surface area (Å²) >= 11 is 5.91. The van der Waals surface area contributed by atoms with Crippen LogP contribution in [-0.4, -0.2) is 18.5 Å². The van der Waals surface area contributed by atoms with Crippen LogP contribution in [-0.2, 0) is 6.54 Å². The first kappa shape index (κ1) is 12.4. The maximum absolute atomic E-state index is 6.01. The number of furan rings is 1. The number of ether oxygens (including phenoxy) is 1. The second kappa shape index (κ2) is 4.79. The van der Waals surface area contributed by atoms with E-state index in [4.69, 9.17) is 26.5 Å². The van der Waals surface area contributed by atoms with Crippen molar-refractivity contribution in [3.63, 3.8) is 0 Å². The third kappa shape index (κ3) is 2.41. The van der Waals surface area contributed by atoms with Crippen LogP contribution < -0.4 is 10.5 Å². The second-order valence-corrected chi connectivity index (χ2v) is 5.19. The van der Waals surface area contributed by atoms with E-state index >= 15 is 0 Å². The van der Waals surface area contributed by atoms with E-state index in [0.29, 0.717) is 16.5 Å². The highest BCUT2D eigenvalue weighted by molar-refractivity contribution is 6.33. The smallest absolute Gasteiger partial charge is 0.140 e. The number of hydrogen-bond acceptors (Lipinski definition) is 4. The van der Waals surface area contributed by atoms with Gasteiger partial charge < -0.3 is 14.9 Å². The molecule has 2 aromatic rings. The minimum Gasteiger partial charge on any atom is -0.484 e. The molecule has 4 nitrogen and oxygen atoms in total. The fourth-order valence-electron chi connectivity index (χ4n) is 2.32. The summed E-state index contributed by atoms with van der Waals surface area (Å²) in [7, 11) is 2.04. The van der Waals surface area contributed by atoms with Crippen LogP contribution in [0.25, 0.3) is 0 Å². The predicted octanol–water partition coefficient (Wildman–Crippen LogP) is 3.08. The first-order valence-corrected chi connectivity index (χ1v) is 6.48. The third-order valence-electron chi connectivity index (χ3n) is 3.26. The van der Waals surface area contributed by atoms with Crippen molar-refractivity contribution in [1.29, 1.82) is 0 Å². The van der Waals surface area contributed by atoms with Crippen LogP contribution >= 0.6 is 11.6 Å². The molecule has 2 N–H and O–H groups in total. The molecule has 0 fully saturated rings. The van der Waals surface area contributed by atoms with Crippen molar-refractivity contribution in [2.75, 3.05) is 19.3 Å². The lowest BCUT2D eigenvalue weighted by Gasteiger charge is -2.29. The molecule has 5 heteroatoms. The first-order valence-electron chi connectivity index (χ1n) is 6.10. The summed E-state index contributed by atoms with van der Waals surface area (Å²) in [6, 6.07) is 7.28. The summed E-state index contributed by atoms with van der Waals surface area (Å²) in [5.41, 5.74) is 7.41. The summed E-state index contributed by atoms with van der Waals surface area (Å²) in [5, 5.41) is 0.539. The van der Waals surface area contributed by atoms with Gasteiger partial charge in [-0.15, -0.1) is 0 Å². The maximum atomic E-state index is 6.01. The van der Waals surface area contributed by atoms with Crippen LogP contribution in [0.15, 0.2) is 34.9 Å². The molecule has 1 aliphatic rings. The van der Waals surface area contributed by atoms with E-state index in [1.165, 1.54) is 0 Å². The van der Waals surface area contributed by atoms with Crippen LogP contribution in [0.5, 0.6) is 5.75 Å². The molecule has 0 saturated carbocycles. The van der Waals surface area contributed by atoms with E-state index in [0.717, 1.165) is 24.4 Å². The minimum absolute atomic E-state index is 0.0481. The van der Waals surface area contributed by atoms with Gasteiger partial charge in [0, 0.05) is 18.2 Å². The molecule has 0 bridgehead atoms. The van der Waals surface area contributed by atoms with Crippen molar-refractivity contribution in [1.82, 2.24) is 4.90 Å². The fourth-order valence-corrected chi connectivity index (χ4v) is 2.43. The average Bonchev–Trinajstić information content (AvgIpc) is 2.82. The van der Waals surface area contributed by atoms with Crippen molar-refractivity contribution in [3.8, 4) is 5.75 Å². The van der Waals surface area contributed by atoms with Gasteiger partial charge in [-0.25, -0.2) is 0 Å². The summed E-state index contributed by atoms with van der Waals surface area (Å²) in [6.45, 7) is 1.63. The molecule has 100 valence electrons. The molecule has 0 saturated heterocycles. The van der Waals surface area contributed by atoms with Crippen LogP contribution in [0.4, 0.5) is 5.69 Å². The highest BCUT2D eigenvalue weighted by Crippen LogP contribution is 2.32. The van der Waals surface area contributed by atoms with E-state index < -0.39 is 0 Å². The number of benzene rings is 1. The number of fused-ring (bicyclic) bond motifs is 1. The molecule has 0 spiro atoms. The van der Waals surface area contributed by atoms with E-state index in [1.54, 1.807) is 18.4 Å². The Labute approximate surface area is 116 Å². The fraction of sp³-hybridized carbons (Fsp3) is 0.286. The Balaban J connectivity index is 1.86. The van der Waals surface area contributed by atoms with Gasteiger partial charge in [0.15, 0.2) is 0 Å². The van der Waals surface area contributed by atoms with Gasteiger partial charge in [0.05, 0.1) is 23.5 Å². The average molecular weight is 279 g/mol. The number of rotatable bonds is 2. The van der Waals surface area contributed by atoms with Gasteiger partial charge in [-0.05, 0) is 25.2 Å². The van der Waals surface area contributed by atoms with Crippen LogP contribution in [0, 0.1) is 0 Å². The zero-order chi connectivity index (χ0) is 13.4. The molecule has 1 unspecified atom stereocenters. The molecule has 3 rings (SSSR count). The molecular formula is C14H15ClN2O2. The Bertz CT molecular complexity index is 597. The Morgan fingerprint density at radius 3 is 3.05 bits per heavy atom. The van der Waals surface area contributed by atoms with E-state index in [-0.39, 0.29) is 6.10 Å². The van der Waals surface area contributed by atoms with Crippen molar-refractivity contribution in [2.24, 2.45) is 0 Å². The molecule has 0 radical (unpaired) electrons. The normalized spacial score (nSPS) is 19.2. The lowest BCUT2D eigenvalue weighted by molar-refractivity contribution is 0.120. The highest BCUT2D eigenvalue weighted by atomic mass is 35.5. The molecule has 0 aliphatic carbocycles. The highest BCUT2D eigenvalue weighted by Gasteiger charge is 2.27. The summed E-state index contributed by atoms with van der Waals surface area (Å²) in [4.78, 5) is 2.16. The van der Waals surface area contributed by atoms with Crippen LogP contribution in [0.2, 0.25) is 5.02 Å². The number of halogens is 1. The van der Waals surface area contributed by atoms with Gasteiger partial charge >= 0.3 is 0 Å². The predicted molar refractivity (Wildman–Crippen MR) is 74.3 cm³/mol. The standard InChI is InChI=1S/C14H15ClN2O2/c1-17-7-13-10(4-5-18-13)14(8-17)19-9-2-3-11(15)12(16)6-9/h2-6,14H,7-8,16H2,1H3.